The predicted octanol–water partition coefficient (Wildman–Crippen LogP) is 6.56. The maximum atomic E-state index is 12.7. The number of carbonyl (C=O) groups is 2. The second kappa shape index (κ2) is 13.7. The van der Waals surface area contributed by atoms with E-state index in [2.05, 4.69) is 37.9 Å². The minimum Gasteiger partial charge on any atom is -0.449 e. The quantitative estimate of drug-likeness (QED) is 0.165. The van der Waals surface area contributed by atoms with Crippen LogP contribution in [-0.2, 0) is 22.5 Å². The summed E-state index contributed by atoms with van der Waals surface area (Å²) in [5.74, 6) is -1.02. The van der Waals surface area contributed by atoms with Crippen molar-refractivity contribution in [3.05, 3.63) is 78.4 Å². The zero-order valence-corrected chi connectivity index (χ0v) is 25.8. The van der Waals surface area contributed by atoms with Gasteiger partial charge < -0.3 is 15.0 Å². The van der Waals surface area contributed by atoms with Crippen LogP contribution in [0.15, 0.2) is 67.3 Å². The van der Waals surface area contributed by atoms with Crippen LogP contribution >= 0.6 is 0 Å². The van der Waals surface area contributed by atoms with Crippen molar-refractivity contribution in [2.75, 3.05) is 30.3 Å². The highest BCUT2D eigenvalue weighted by Gasteiger charge is 2.43. The zero-order chi connectivity index (χ0) is 33.0. The van der Waals surface area contributed by atoms with E-state index in [1.54, 1.807) is 10.7 Å². The van der Waals surface area contributed by atoms with Gasteiger partial charge in [-0.05, 0) is 61.8 Å². The first kappa shape index (κ1) is 31.8. The van der Waals surface area contributed by atoms with E-state index in [0.717, 1.165) is 38.1 Å². The molecule has 1 aliphatic rings. The van der Waals surface area contributed by atoms with Gasteiger partial charge in [-0.3, -0.25) is 14.8 Å². The second-order valence-corrected chi connectivity index (χ2v) is 11.6. The van der Waals surface area contributed by atoms with Crippen molar-refractivity contribution in [1.29, 1.82) is 0 Å². The van der Waals surface area contributed by atoms with E-state index in [0.29, 0.717) is 50.2 Å². The molecule has 2 N–H and O–H groups in total. The summed E-state index contributed by atoms with van der Waals surface area (Å²) in [5.41, 5.74) is 5.12. The summed E-state index contributed by atoms with van der Waals surface area (Å²) in [4.78, 5) is 29.5. The molecule has 246 valence electrons. The number of halogens is 3. The number of aryl methyl sites for hydroxylation is 1. The van der Waals surface area contributed by atoms with Gasteiger partial charge in [0.1, 0.15) is 11.8 Å². The van der Waals surface area contributed by atoms with Crippen LogP contribution in [0.25, 0.3) is 16.4 Å². The Morgan fingerprint density at radius 3 is 2.60 bits per heavy atom. The van der Waals surface area contributed by atoms with E-state index in [1.165, 1.54) is 6.33 Å². The fraction of sp³-hybridized carbons (Fsp3) is 0.364. The number of likely N-dealkylation sites (tertiary alicyclic amines) is 1. The second-order valence-electron chi connectivity index (χ2n) is 11.6. The lowest BCUT2D eigenvalue weighted by Gasteiger charge is -2.32. The molecule has 4 heterocycles. The molecule has 0 bridgehead atoms. The van der Waals surface area contributed by atoms with Crippen LogP contribution in [0.1, 0.15) is 43.7 Å². The molecule has 11 nitrogen and oxygen atoms in total. The number of aromatic nitrogens is 5. The number of anilines is 3. The Morgan fingerprint density at radius 2 is 1.85 bits per heavy atom. The van der Waals surface area contributed by atoms with E-state index in [9.17, 15) is 22.8 Å². The third-order valence-electron chi connectivity index (χ3n) is 8.48. The normalized spacial score (nSPS) is 14.1. The average molecular weight is 649 g/mol. The number of ether oxygens (including phenoxy) is 1. The van der Waals surface area contributed by atoms with Gasteiger partial charge in [0.15, 0.2) is 5.82 Å². The molecule has 3 aromatic heterocycles. The lowest BCUT2D eigenvalue weighted by molar-refractivity contribution is -0.186. The molecule has 0 spiro atoms. The molecule has 0 aliphatic carbocycles. The third kappa shape index (κ3) is 7.31. The molecular formula is C33H35F3N8O3. The summed E-state index contributed by atoms with van der Waals surface area (Å²) < 4.78 is 47.0. The number of benzene rings is 2. The van der Waals surface area contributed by atoms with E-state index in [-0.39, 0.29) is 25.6 Å². The van der Waals surface area contributed by atoms with Crippen molar-refractivity contribution in [2.45, 2.75) is 51.7 Å². The summed E-state index contributed by atoms with van der Waals surface area (Å²) in [5, 5.41) is 16.1. The minimum atomic E-state index is -4.84. The fourth-order valence-corrected chi connectivity index (χ4v) is 6.10. The molecule has 0 saturated carbocycles. The third-order valence-corrected chi connectivity index (χ3v) is 8.48. The Kier molecular flexibility index (Phi) is 9.27. The molecule has 47 heavy (non-hydrogen) atoms. The van der Waals surface area contributed by atoms with Crippen LogP contribution < -0.4 is 10.6 Å². The number of alkyl halides is 3. The van der Waals surface area contributed by atoms with Crippen LogP contribution in [0.4, 0.5) is 35.2 Å². The first-order valence-electron chi connectivity index (χ1n) is 15.6. The number of hydrogen-bond acceptors (Lipinski definition) is 7. The maximum absolute atomic E-state index is 12.7. The zero-order valence-electron chi connectivity index (χ0n) is 25.8. The smallest absolute Gasteiger partial charge is 0.449 e. The van der Waals surface area contributed by atoms with E-state index >= 15 is 0 Å². The molecule has 5 aromatic rings. The van der Waals surface area contributed by atoms with Gasteiger partial charge in [0, 0.05) is 29.7 Å². The number of fused-ring (bicyclic) bond motifs is 2. The Morgan fingerprint density at radius 1 is 1.06 bits per heavy atom. The number of nitrogens with one attached hydrogen (secondary N) is 2. The topological polar surface area (TPSA) is 119 Å². The highest BCUT2D eigenvalue weighted by Crippen LogP contribution is 2.31. The van der Waals surface area contributed by atoms with Gasteiger partial charge in [0.2, 0.25) is 0 Å². The first-order chi connectivity index (χ1) is 22.7. The standard InChI is InChI=1S/C33H35F3N8O3/c1-2-26-27(41-32(46)47-16-6-9-22-12-14-42(15-13-22)31(45)33(34,35)36)20-44-29(26)30(37-21-39-44)40-25-10-11-28-24(17-25)18-38-43(28)19-23-7-4-3-5-8-23/h3-5,7-8,10-11,17-18,20-22H,2,6,9,12-16,19H2,1H3,(H,41,46)(H,37,39,40). The van der Waals surface area contributed by atoms with Gasteiger partial charge in [0.25, 0.3) is 0 Å². The SMILES string of the molecule is CCc1c(NC(=O)OCCCC2CCN(C(=O)C(F)(F)F)CC2)cn2ncnc(Nc3ccc4c(cnn4Cc4ccccc4)c3)c12. The Hall–Kier alpha value is -5.14. The number of amides is 2. The van der Waals surface area contributed by atoms with Crippen molar-refractivity contribution >= 4 is 45.6 Å². The highest BCUT2D eigenvalue weighted by molar-refractivity contribution is 5.91. The van der Waals surface area contributed by atoms with E-state index in [1.807, 2.05) is 54.2 Å². The van der Waals surface area contributed by atoms with E-state index in [4.69, 9.17) is 4.74 Å². The van der Waals surface area contributed by atoms with Crippen LogP contribution in [0, 0.1) is 5.92 Å². The van der Waals surface area contributed by atoms with E-state index < -0.39 is 18.2 Å². The number of carbonyl (C=O) groups excluding carboxylic acids is 2. The average Bonchev–Trinajstić information content (AvgIpc) is 3.63. The molecule has 14 heteroatoms. The van der Waals surface area contributed by atoms with Crippen molar-refractivity contribution in [3.63, 3.8) is 0 Å². The summed E-state index contributed by atoms with van der Waals surface area (Å²) in [6.45, 7) is 2.98. The van der Waals surface area contributed by atoms with Crippen LogP contribution in [-0.4, -0.2) is 67.2 Å². The fourth-order valence-electron chi connectivity index (χ4n) is 6.10. The molecule has 0 atom stereocenters. The molecule has 2 amide bonds. The molecule has 1 saturated heterocycles. The predicted molar refractivity (Wildman–Crippen MR) is 170 cm³/mol. The van der Waals surface area contributed by atoms with Crippen molar-refractivity contribution in [1.82, 2.24) is 29.3 Å². The van der Waals surface area contributed by atoms with Gasteiger partial charge >= 0.3 is 18.2 Å². The van der Waals surface area contributed by atoms with Gasteiger partial charge in [0.05, 0.1) is 36.7 Å². The summed E-state index contributed by atoms with van der Waals surface area (Å²) in [6.07, 6.45) is 2.39. The van der Waals surface area contributed by atoms with Crippen molar-refractivity contribution in [2.24, 2.45) is 5.92 Å². The minimum absolute atomic E-state index is 0.0835. The van der Waals surface area contributed by atoms with Crippen LogP contribution in [0.2, 0.25) is 0 Å². The highest BCUT2D eigenvalue weighted by atomic mass is 19.4. The van der Waals surface area contributed by atoms with Crippen LogP contribution in [0.3, 0.4) is 0 Å². The number of piperidine rings is 1. The number of hydrogen-bond donors (Lipinski definition) is 2. The lowest BCUT2D eigenvalue weighted by atomic mass is 9.92. The first-order valence-corrected chi connectivity index (χ1v) is 15.6. The number of nitrogens with zero attached hydrogens (tertiary/aromatic N) is 6. The van der Waals surface area contributed by atoms with Crippen molar-refractivity contribution in [3.8, 4) is 0 Å². The summed E-state index contributed by atoms with van der Waals surface area (Å²) in [6, 6.07) is 16.2. The molecule has 1 aliphatic heterocycles. The van der Waals surface area contributed by atoms with Gasteiger partial charge in [-0.25, -0.2) is 14.3 Å². The molecule has 0 radical (unpaired) electrons. The molecule has 1 fully saturated rings. The molecule has 0 unspecified atom stereocenters. The molecular weight excluding hydrogens is 613 g/mol. The Bertz CT molecular complexity index is 1860. The Balaban J connectivity index is 1.05. The van der Waals surface area contributed by atoms with Gasteiger partial charge in [-0.15, -0.1) is 0 Å². The largest absolute Gasteiger partial charge is 0.471 e. The molecule has 2 aromatic carbocycles. The number of rotatable bonds is 10. The summed E-state index contributed by atoms with van der Waals surface area (Å²) >= 11 is 0. The maximum Gasteiger partial charge on any atom is 0.471 e. The lowest BCUT2D eigenvalue weighted by Crippen LogP contribution is -2.45. The van der Waals surface area contributed by atoms with Crippen LogP contribution in [0.5, 0.6) is 0 Å². The molecule has 6 rings (SSSR count). The monoisotopic (exact) mass is 648 g/mol. The Labute approximate surface area is 268 Å². The summed E-state index contributed by atoms with van der Waals surface area (Å²) in [7, 11) is 0. The van der Waals surface area contributed by atoms with Gasteiger partial charge in [-0.1, -0.05) is 37.3 Å². The van der Waals surface area contributed by atoms with Crippen molar-refractivity contribution < 1.29 is 27.5 Å². The van der Waals surface area contributed by atoms with Gasteiger partial charge in [-0.2, -0.15) is 23.4 Å².